The van der Waals surface area contributed by atoms with Crippen molar-refractivity contribution in [1.82, 2.24) is 9.78 Å². The minimum Gasteiger partial charge on any atom is -0.297 e. The molecule has 0 bridgehead atoms. The van der Waals surface area contributed by atoms with Crippen LogP contribution in [0.1, 0.15) is 36.6 Å². The quantitative estimate of drug-likeness (QED) is 0.785. The SMILES string of the molecule is Cc1ccc(C)c(-n2[nH]c(C(C)C)cc2=S)c1. The number of H-pyrrole nitrogens is 1. The lowest BCUT2D eigenvalue weighted by Crippen LogP contribution is -2.01. The zero-order chi connectivity index (χ0) is 12.6. The van der Waals surface area contributed by atoms with Crippen molar-refractivity contribution in [2.75, 3.05) is 0 Å². The molecule has 0 aliphatic heterocycles. The molecule has 1 aromatic carbocycles. The van der Waals surface area contributed by atoms with Crippen molar-refractivity contribution in [3.05, 3.63) is 45.7 Å². The van der Waals surface area contributed by atoms with Crippen molar-refractivity contribution in [2.45, 2.75) is 33.6 Å². The van der Waals surface area contributed by atoms with Crippen molar-refractivity contribution < 1.29 is 0 Å². The lowest BCUT2D eigenvalue weighted by Gasteiger charge is -2.09. The number of aromatic nitrogens is 2. The average Bonchev–Trinajstić information content (AvgIpc) is 2.64. The zero-order valence-electron chi connectivity index (χ0n) is 10.7. The molecule has 0 saturated carbocycles. The Balaban J connectivity index is 2.60. The van der Waals surface area contributed by atoms with Gasteiger partial charge >= 0.3 is 0 Å². The number of aromatic amines is 1. The molecule has 0 unspecified atom stereocenters. The number of rotatable bonds is 2. The summed E-state index contributed by atoms with van der Waals surface area (Å²) in [6, 6.07) is 8.45. The van der Waals surface area contributed by atoms with Gasteiger partial charge in [0.2, 0.25) is 0 Å². The van der Waals surface area contributed by atoms with Gasteiger partial charge in [-0.1, -0.05) is 38.2 Å². The molecular formula is C14H18N2S. The number of aryl methyl sites for hydroxylation is 2. The first-order valence-electron chi connectivity index (χ1n) is 5.88. The summed E-state index contributed by atoms with van der Waals surface area (Å²) in [5.74, 6) is 0.461. The molecule has 0 spiro atoms. The number of hydrogen-bond donors (Lipinski definition) is 1. The lowest BCUT2D eigenvalue weighted by molar-refractivity contribution is 0.763. The fourth-order valence-corrected chi connectivity index (χ4v) is 2.12. The van der Waals surface area contributed by atoms with Crippen LogP contribution in [0.4, 0.5) is 0 Å². The molecule has 90 valence electrons. The zero-order valence-corrected chi connectivity index (χ0v) is 11.6. The molecular weight excluding hydrogens is 228 g/mol. The van der Waals surface area contributed by atoms with E-state index in [2.05, 4.69) is 51.0 Å². The maximum Gasteiger partial charge on any atom is 0.127 e. The second-order valence-corrected chi connectivity index (χ2v) is 5.25. The fraction of sp³-hybridized carbons (Fsp3) is 0.357. The van der Waals surface area contributed by atoms with Gasteiger partial charge in [0.15, 0.2) is 0 Å². The van der Waals surface area contributed by atoms with Crippen LogP contribution >= 0.6 is 12.2 Å². The van der Waals surface area contributed by atoms with Gasteiger partial charge in [0.1, 0.15) is 4.64 Å². The third-order valence-corrected chi connectivity index (χ3v) is 3.27. The summed E-state index contributed by atoms with van der Waals surface area (Å²) >= 11 is 5.41. The Bertz CT molecular complexity index is 591. The van der Waals surface area contributed by atoms with E-state index in [9.17, 15) is 0 Å². The van der Waals surface area contributed by atoms with Crippen LogP contribution in [-0.2, 0) is 0 Å². The van der Waals surface area contributed by atoms with E-state index in [1.54, 1.807) is 0 Å². The molecule has 17 heavy (non-hydrogen) atoms. The molecule has 3 heteroatoms. The highest BCUT2D eigenvalue weighted by molar-refractivity contribution is 7.71. The van der Waals surface area contributed by atoms with Gasteiger partial charge in [0.25, 0.3) is 0 Å². The van der Waals surface area contributed by atoms with Gasteiger partial charge in [-0.15, -0.1) is 0 Å². The monoisotopic (exact) mass is 246 g/mol. The highest BCUT2D eigenvalue weighted by Gasteiger charge is 2.07. The number of benzene rings is 1. The maximum atomic E-state index is 5.41. The van der Waals surface area contributed by atoms with Crippen LogP contribution in [0, 0.1) is 18.5 Å². The summed E-state index contributed by atoms with van der Waals surface area (Å²) in [6.45, 7) is 8.52. The van der Waals surface area contributed by atoms with Crippen LogP contribution in [0.3, 0.4) is 0 Å². The van der Waals surface area contributed by atoms with Gasteiger partial charge in [-0.05, 0) is 43.0 Å². The predicted molar refractivity (Wildman–Crippen MR) is 74.5 cm³/mol. The Labute approximate surface area is 107 Å². The summed E-state index contributed by atoms with van der Waals surface area (Å²) in [5, 5.41) is 3.38. The van der Waals surface area contributed by atoms with E-state index in [0.717, 1.165) is 10.3 Å². The van der Waals surface area contributed by atoms with Gasteiger partial charge in [-0.3, -0.25) is 5.10 Å². The van der Waals surface area contributed by atoms with E-state index in [0.29, 0.717) is 5.92 Å². The normalized spacial score (nSPS) is 11.1. The van der Waals surface area contributed by atoms with E-state index >= 15 is 0 Å². The standard InChI is InChI=1S/C14H18N2S/c1-9(2)12-8-14(17)16(15-12)13-7-10(3)5-6-11(13)4/h5-9,15H,1-4H3. The molecule has 1 N–H and O–H groups in total. The van der Waals surface area contributed by atoms with E-state index in [1.807, 2.05) is 10.7 Å². The molecule has 2 rings (SSSR count). The molecule has 2 nitrogen and oxygen atoms in total. The number of nitrogens with one attached hydrogen (secondary N) is 1. The second kappa shape index (κ2) is 4.49. The second-order valence-electron chi connectivity index (χ2n) is 4.83. The van der Waals surface area contributed by atoms with Crippen molar-refractivity contribution in [3.63, 3.8) is 0 Å². The third kappa shape index (κ3) is 2.34. The van der Waals surface area contributed by atoms with Crippen LogP contribution in [0.5, 0.6) is 0 Å². The van der Waals surface area contributed by atoms with Crippen molar-refractivity contribution >= 4 is 12.2 Å². The molecule has 0 fully saturated rings. The van der Waals surface area contributed by atoms with E-state index in [1.165, 1.54) is 16.8 Å². The predicted octanol–water partition coefficient (Wildman–Crippen LogP) is 4.28. The van der Waals surface area contributed by atoms with Crippen molar-refractivity contribution in [1.29, 1.82) is 0 Å². The first-order valence-corrected chi connectivity index (χ1v) is 6.29. The third-order valence-electron chi connectivity index (χ3n) is 2.97. The largest absolute Gasteiger partial charge is 0.297 e. The first-order chi connectivity index (χ1) is 7.99. The van der Waals surface area contributed by atoms with Crippen molar-refractivity contribution in [2.24, 2.45) is 0 Å². The molecule has 0 saturated heterocycles. The molecule has 0 atom stereocenters. The number of hydrogen-bond acceptors (Lipinski definition) is 1. The van der Waals surface area contributed by atoms with E-state index in [-0.39, 0.29) is 0 Å². The molecule has 0 radical (unpaired) electrons. The Hall–Kier alpha value is -1.35. The Morgan fingerprint density at radius 1 is 1.18 bits per heavy atom. The Kier molecular flexibility index (Phi) is 3.20. The molecule has 2 aromatic rings. The Morgan fingerprint density at radius 3 is 2.47 bits per heavy atom. The van der Waals surface area contributed by atoms with Gasteiger partial charge in [-0.2, -0.15) is 0 Å². The van der Waals surface area contributed by atoms with Crippen LogP contribution in [0.2, 0.25) is 0 Å². The lowest BCUT2D eigenvalue weighted by atomic mass is 10.1. The maximum absolute atomic E-state index is 5.41. The van der Waals surface area contributed by atoms with Crippen LogP contribution in [0.15, 0.2) is 24.3 Å². The molecule has 1 aromatic heterocycles. The molecule has 1 heterocycles. The summed E-state index contributed by atoms with van der Waals surface area (Å²) < 4.78 is 2.83. The highest BCUT2D eigenvalue weighted by atomic mass is 32.1. The van der Waals surface area contributed by atoms with Crippen LogP contribution in [-0.4, -0.2) is 9.78 Å². The molecule has 0 aliphatic carbocycles. The van der Waals surface area contributed by atoms with Crippen LogP contribution in [0.25, 0.3) is 5.69 Å². The van der Waals surface area contributed by atoms with Gasteiger partial charge in [-0.25, -0.2) is 4.68 Å². The van der Waals surface area contributed by atoms with E-state index in [4.69, 9.17) is 12.2 Å². The summed E-state index contributed by atoms with van der Waals surface area (Å²) in [5.41, 5.74) is 4.79. The molecule has 0 amide bonds. The summed E-state index contributed by atoms with van der Waals surface area (Å²) in [6.07, 6.45) is 0. The molecule has 0 aliphatic rings. The van der Waals surface area contributed by atoms with E-state index < -0.39 is 0 Å². The fourth-order valence-electron chi connectivity index (χ4n) is 1.85. The highest BCUT2D eigenvalue weighted by Crippen LogP contribution is 2.19. The topological polar surface area (TPSA) is 20.7 Å². The van der Waals surface area contributed by atoms with Crippen molar-refractivity contribution in [3.8, 4) is 5.69 Å². The smallest absolute Gasteiger partial charge is 0.127 e. The van der Waals surface area contributed by atoms with Gasteiger partial charge < -0.3 is 0 Å². The van der Waals surface area contributed by atoms with Gasteiger partial charge in [0.05, 0.1) is 5.69 Å². The summed E-state index contributed by atoms with van der Waals surface area (Å²) in [7, 11) is 0. The summed E-state index contributed by atoms with van der Waals surface area (Å²) in [4.78, 5) is 0. The number of nitrogens with zero attached hydrogens (tertiary/aromatic N) is 1. The van der Waals surface area contributed by atoms with Crippen LogP contribution < -0.4 is 0 Å². The first kappa shape index (κ1) is 12.1. The average molecular weight is 246 g/mol. The minimum atomic E-state index is 0.461. The van der Waals surface area contributed by atoms with Gasteiger partial charge in [0, 0.05) is 5.69 Å². The minimum absolute atomic E-state index is 0.461. The Morgan fingerprint density at radius 2 is 1.88 bits per heavy atom.